The Kier molecular flexibility index (Phi) is 3.71. The van der Waals surface area contributed by atoms with E-state index >= 15 is 0 Å². The summed E-state index contributed by atoms with van der Waals surface area (Å²) in [4.78, 5) is 10.2. The Hall–Kier alpha value is -2.93. The first kappa shape index (κ1) is 14.0. The summed E-state index contributed by atoms with van der Waals surface area (Å²) in [6, 6.07) is 13.5. The first-order chi connectivity index (χ1) is 10.6. The quantitative estimate of drug-likeness (QED) is 0.564. The largest absolute Gasteiger partial charge is 0.300 e. The third-order valence-corrected chi connectivity index (χ3v) is 3.32. The molecule has 0 aliphatic rings. The highest BCUT2D eigenvalue weighted by atomic mass is 35.5. The van der Waals surface area contributed by atoms with Gasteiger partial charge in [-0.2, -0.15) is 0 Å². The van der Waals surface area contributed by atoms with Crippen LogP contribution in [0.5, 0.6) is 0 Å². The monoisotopic (exact) mass is 315 g/mol. The summed E-state index contributed by atoms with van der Waals surface area (Å²) >= 11 is 6.01. The maximum absolute atomic E-state index is 10.6. The topological polar surface area (TPSA) is 93.0 Å². The molecule has 2 aromatic carbocycles. The van der Waals surface area contributed by atoms with E-state index in [2.05, 4.69) is 21.0 Å². The minimum absolute atomic E-state index is 0.0299. The highest BCUT2D eigenvalue weighted by Gasteiger charge is 2.07. The molecule has 0 aliphatic carbocycles. The van der Waals surface area contributed by atoms with Crippen molar-refractivity contribution in [2.75, 3.05) is 10.9 Å². The van der Waals surface area contributed by atoms with Crippen LogP contribution < -0.4 is 10.9 Å². The minimum atomic E-state index is -0.449. The fourth-order valence-electron chi connectivity index (χ4n) is 1.96. The summed E-state index contributed by atoms with van der Waals surface area (Å²) in [6.45, 7) is 0. The van der Waals surface area contributed by atoms with Crippen molar-refractivity contribution < 1.29 is 4.92 Å². The first-order valence-corrected chi connectivity index (χ1v) is 6.70. The summed E-state index contributed by atoms with van der Waals surface area (Å²) in [5.74, 6) is 0.512. The average Bonchev–Trinajstić information content (AvgIpc) is 2.55. The van der Waals surface area contributed by atoms with Crippen molar-refractivity contribution in [1.82, 2.24) is 10.2 Å². The van der Waals surface area contributed by atoms with Gasteiger partial charge in [0.25, 0.3) is 5.69 Å². The van der Waals surface area contributed by atoms with Crippen LogP contribution in [0, 0.1) is 10.1 Å². The van der Waals surface area contributed by atoms with E-state index in [1.54, 1.807) is 12.1 Å². The Bertz CT molecular complexity index is 838. The molecule has 1 aromatic heterocycles. The molecule has 3 aromatic rings. The number of hydrogen-bond acceptors (Lipinski definition) is 6. The zero-order valence-corrected chi connectivity index (χ0v) is 11.9. The Labute approximate surface area is 130 Å². The summed E-state index contributed by atoms with van der Waals surface area (Å²) in [5, 5.41) is 20.4. The molecular formula is C14H10ClN5O2. The number of nitrogens with one attached hydrogen (secondary N) is 2. The number of fused-ring (bicyclic) bond motifs is 1. The van der Waals surface area contributed by atoms with E-state index in [1.165, 1.54) is 12.1 Å². The van der Waals surface area contributed by atoms with Gasteiger partial charge in [0.15, 0.2) is 11.0 Å². The van der Waals surface area contributed by atoms with Crippen molar-refractivity contribution in [3.8, 4) is 0 Å². The van der Waals surface area contributed by atoms with Gasteiger partial charge in [-0.15, -0.1) is 10.2 Å². The molecule has 0 unspecified atom stereocenters. The molecule has 1 heterocycles. The van der Waals surface area contributed by atoms with Crippen LogP contribution in [0.15, 0.2) is 48.5 Å². The van der Waals surface area contributed by atoms with Crippen molar-refractivity contribution in [2.45, 2.75) is 0 Å². The zero-order valence-electron chi connectivity index (χ0n) is 11.2. The number of hydrogen-bond donors (Lipinski definition) is 2. The van der Waals surface area contributed by atoms with Crippen LogP contribution in [-0.2, 0) is 0 Å². The van der Waals surface area contributed by atoms with E-state index in [0.717, 1.165) is 10.8 Å². The van der Waals surface area contributed by atoms with Crippen LogP contribution in [0.3, 0.4) is 0 Å². The number of benzene rings is 2. The molecule has 0 radical (unpaired) electrons. The van der Waals surface area contributed by atoms with E-state index in [1.807, 2.05) is 24.3 Å². The van der Waals surface area contributed by atoms with Gasteiger partial charge >= 0.3 is 0 Å². The van der Waals surface area contributed by atoms with Gasteiger partial charge in [-0.05, 0) is 12.1 Å². The fraction of sp³-hybridized carbons (Fsp3) is 0. The molecule has 3 rings (SSSR count). The molecule has 0 amide bonds. The SMILES string of the molecule is O=[N+]([O-])c1ccc(NNc2nnc(Cl)c3ccccc23)cc1. The first-order valence-electron chi connectivity index (χ1n) is 6.32. The maximum atomic E-state index is 10.6. The summed E-state index contributed by atoms with van der Waals surface area (Å²) in [6.07, 6.45) is 0. The Morgan fingerprint density at radius 1 is 0.955 bits per heavy atom. The molecule has 7 nitrogen and oxygen atoms in total. The van der Waals surface area contributed by atoms with E-state index < -0.39 is 4.92 Å². The standard InChI is InChI=1S/C14H10ClN5O2/c15-13-11-3-1-2-4-12(11)14(19-17-13)18-16-9-5-7-10(8-6-9)20(21)22/h1-8,16H,(H,18,19). The molecule has 8 heteroatoms. The summed E-state index contributed by atoms with van der Waals surface area (Å²) < 4.78 is 0. The minimum Gasteiger partial charge on any atom is -0.300 e. The van der Waals surface area contributed by atoms with Crippen molar-refractivity contribution in [1.29, 1.82) is 0 Å². The van der Waals surface area contributed by atoms with Crippen LogP contribution in [0.4, 0.5) is 17.2 Å². The molecule has 0 fully saturated rings. The van der Waals surface area contributed by atoms with Gasteiger partial charge < -0.3 is 0 Å². The van der Waals surface area contributed by atoms with Crippen molar-refractivity contribution in [3.05, 3.63) is 63.8 Å². The summed E-state index contributed by atoms with van der Waals surface area (Å²) in [7, 11) is 0. The third kappa shape index (κ3) is 2.75. The molecule has 110 valence electrons. The van der Waals surface area contributed by atoms with Crippen LogP contribution in [0.2, 0.25) is 5.15 Å². The highest BCUT2D eigenvalue weighted by molar-refractivity contribution is 6.34. The van der Waals surface area contributed by atoms with Crippen molar-refractivity contribution >= 4 is 39.6 Å². The number of aromatic nitrogens is 2. The Morgan fingerprint density at radius 3 is 2.32 bits per heavy atom. The van der Waals surface area contributed by atoms with Crippen LogP contribution in [0.1, 0.15) is 0 Å². The molecule has 0 aliphatic heterocycles. The molecule has 0 saturated carbocycles. The number of nitrogens with zero attached hydrogens (tertiary/aromatic N) is 3. The van der Waals surface area contributed by atoms with E-state index in [4.69, 9.17) is 11.6 Å². The van der Waals surface area contributed by atoms with Crippen LogP contribution in [-0.4, -0.2) is 15.1 Å². The normalized spacial score (nSPS) is 10.4. The average molecular weight is 316 g/mol. The molecule has 0 spiro atoms. The number of nitro benzene ring substituents is 1. The van der Waals surface area contributed by atoms with Gasteiger partial charge in [0.2, 0.25) is 0 Å². The Balaban J connectivity index is 1.82. The lowest BCUT2D eigenvalue weighted by molar-refractivity contribution is -0.384. The lowest BCUT2D eigenvalue weighted by Crippen LogP contribution is -2.11. The molecular weight excluding hydrogens is 306 g/mol. The van der Waals surface area contributed by atoms with Gasteiger partial charge in [0, 0.05) is 22.9 Å². The maximum Gasteiger partial charge on any atom is 0.269 e. The highest BCUT2D eigenvalue weighted by Crippen LogP contribution is 2.25. The molecule has 0 bridgehead atoms. The Morgan fingerprint density at radius 2 is 1.64 bits per heavy atom. The number of nitro groups is 1. The molecule has 0 atom stereocenters. The number of anilines is 2. The smallest absolute Gasteiger partial charge is 0.269 e. The lowest BCUT2D eigenvalue weighted by atomic mass is 10.2. The molecule has 0 saturated heterocycles. The van der Waals surface area contributed by atoms with Crippen molar-refractivity contribution in [2.24, 2.45) is 0 Å². The molecule has 22 heavy (non-hydrogen) atoms. The van der Waals surface area contributed by atoms with Crippen LogP contribution in [0.25, 0.3) is 10.8 Å². The van der Waals surface area contributed by atoms with E-state index in [9.17, 15) is 10.1 Å². The second kappa shape index (κ2) is 5.82. The number of rotatable bonds is 4. The lowest BCUT2D eigenvalue weighted by Gasteiger charge is -2.10. The second-order valence-electron chi connectivity index (χ2n) is 4.44. The second-order valence-corrected chi connectivity index (χ2v) is 4.80. The van der Waals surface area contributed by atoms with Gasteiger partial charge in [-0.25, -0.2) is 0 Å². The van der Waals surface area contributed by atoms with Gasteiger partial charge in [0.1, 0.15) is 0 Å². The van der Waals surface area contributed by atoms with Gasteiger partial charge in [-0.1, -0.05) is 35.9 Å². The van der Waals surface area contributed by atoms with E-state index in [0.29, 0.717) is 16.7 Å². The zero-order chi connectivity index (χ0) is 15.5. The predicted octanol–water partition coefficient (Wildman–Crippen LogP) is 3.63. The van der Waals surface area contributed by atoms with E-state index in [-0.39, 0.29) is 5.69 Å². The van der Waals surface area contributed by atoms with Crippen molar-refractivity contribution in [3.63, 3.8) is 0 Å². The fourth-order valence-corrected chi connectivity index (χ4v) is 2.16. The summed E-state index contributed by atoms with van der Waals surface area (Å²) in [5.41, 5.74) is 6.54. The molecule has 2 N–H and O–H groups in total. The van der Waals surface area contributed by atoms with Crippen LogP contribution >= 0.6 is 11.6 Å². The number of non-ortho nitro benzene ring substituents is 1. The predicted molar refractivity (Wildman–Crippen MR) is 84.9 cm³/mol. The third-order valence-electron chi connectivity index (χ3n) is 3.05. The number of hydrazine groups is 1. The number of halogens is 1. The van der Waals surface area contributed by atoms with Gasteiger partial charge in [-0.3, -0.25) is 21.0 Å². The van der Waals surface area contributed by atoms with Gasteiger partial charge in [0.05, 0.1) is 10.6 Å².